The van der Waals surface area contributed by atoms with Crippen molar-refractivity contribution >= 4 is 22.6 Å². The van der Waals surface area contributed by atoms with Crippen molar-refractivity contribution < 1.29 is 4.74 Å². The number of fused-ring (bicyclic) bond motifs is 1. The van der Waals surface area contributed by atoms with Crippen molar-refractivity contribution in [3.05, 3.63) is 29.0 Å². The summed E-state index contributed by atoms with van der Waals surface area (Å²) < 4.78 is 5.13. The summed E-state index contributed by atoms with van der Waals surface area (Å²) in [7, 11) is 1.62. The molecule has 0 aliphatic rings. The smallest absolute Gasteiger partial charge is 0.151 e. The van der Waals surface area contributed by atoms with Gasteiger partial charge in [-0.3, -0.25) is 0 Å². The second-order valence-electron chi connectivity index (χ2n) is 3.91. The van der Waals surface area contributed by atoms with E-state index in [1.807, 2.05) is 32.0 Å². The maximum absolute atomic E-state index is 6.08. The third-order valence-corrected chi connectivity index (χ3v) is 2.68. The van der Waals surface area contributed by atoms with Crippen LogP contribution in [0, 0.1) is 0 Å². The first kappa shape index (κ1) is 11.1. The maximum Gasteiger partial charge on any atom is 0.151 e. The molecule has 2 aromatic rings. The average Bonchev–Trinajstić information content (AvgIpc) is 2.27. The summed E-state index contributed by atoms with van der Waals surface area (Å²) in [5, 5.41) is 0.468. The van der Waals surface area contributed by atoms with Crippen LogP contribution in [0.4, 0.5) is 0 Å². The fraction of sp³-hybridized carbons (Fsp3) is 0.333. The summed E-state index contributed by atoms with van der Waals surface area (Å²) in [6.07, 6.45) is 0. The van der Waals surface area contributed by atoms with Crippen LogP contribution in [0.5, 0.6) is 5.75 Å². The Bertz CT molecular complexity index is 526. The molecule has 4 heteroatoms. The van der Waals surface area contributed by atoms with Gasteiger partial charge in [0.15, 0.2) is 5.15 Å². The number of methoxy groups -OCH3 is 1. The summed E-state index contributed by atoms with van der Waals surface area (Å²) in [6, 6.07) is 5.59. The number of hydrogen-bond acceptors (Lipinski definition) is 3. The largest absolute Gasteiger partial charge is 0.497 e. The number of halogens is 1. The number of ether oxygens (including phenoxy) is 1. The van der Waals surface area contributed by atoms with E-state index >= 15 is 0 Å². The lowest BCUT2D eigenvalue weighted by Crippen LogP contribution is -1.97. The summed E-state index contributed by atoms with van der Waals surface area (Å²) in [5.74, 6) is 1.03. The predicted molar refractivity (Wildman–Crippen MR) is 65.2 cm³/mol. The van der Waals surface area contributed by atoms with E-state index in [2.05, 4.69) is 9.97 Å². The molecule has 0 radical (unpaired) electrons. The first-order valence-electron chi connectivity index (χ1n) is 5.13. The first-order valence-corrected chi connectivity index (χ1v) is 5.51. The second kappa shape index (κ2) is 4.26. The molecule has 1 aromatic heterocycles. The highest BCUT2D eigenvalue weighted by Gasteiger charge is 2.10. The minimum absolute atomic E-state index is 0.270. The minimum Gasteiger partial charge on any atom is -0.497 e. The zero-order chi connectivity index (χ0) is 11.7. The monoisotopic (exact) mass is 236 g/mol. The van der Waals surface area contributed by atoms with Crippen molar-refractivity contribution in [2.75, 3.05) is 7.11 Å². The van der Waals surface area contributed by atoms with Crippen molar-refractivity contribution in [2.45, 2.75) is 19.8 Å². The first-order chi connectivity index (χ1) is 7.61. The van der Waals surface area contributed by atoms with E-state index in [1.54, 1.807) is 7.11 Å². The fourth-order valence-corrected chi connectivity index (χ4v) is 1.87. The molecular weight excluding hydrogens is 224 g/mol. The van der Waals surface area contributed by atoms with Gasteiger partial charge in [0, 0.05) is 6.07 Å². The van der Waals surface area contributed by atoms with E-state index in [0.29, 0.717) is 5.15 Å². The van der Waals surface area contributed by atoms with Crippen LogP contribution in [0.15, 0.2) is 18.2 Å². The molecule has 0 bridgehead atoms. The Kier molecular flexibility index (Phi) is 2.97. The lowest BCUT2D eigenvalue weighted by atomic mass is 10.1. The summed E-state index contributed by atoms with van der Waals surface area (Å²) in [5.41, 5.74) is 2.43. The van der Waals surface area contributed by atoms with Crippen molar-refractivity contribution in [3.63, 3.8) is 0 Å². The van der Waals surface area contributed by atoms with Crippen LogP contribution in [0.1, 0.15) is 25.5 Å². The highest BCUT2D eigenvalue weighted by atomic mass is 35.5. The van der Waals surface area contributed by atoms with Crippen LogP contribution in [0.2, 0.25) is 5.15 Å². The van der Waals surface area contributed by atoms with E-state index in [9.17, 15) is 0 Å². The summed E-state index contributed by atoms with van der Waals surface area (Å²) in [4.78, 5) is 8.83. The topological polar surface area (TPSA) is 35.0 Å². The maximum atomic E-state index is 6.08. The molecule has 0 aliphatic carbocycles. The SMILES string of the molecule is COc1ccc2nc(C(C)C)c(Cl)nc2c1. The molecule has 0 saturated heterocycles. The molecule has 84 valence electrons. The van der Waals surface area contributed by atoms with Gasteiger partial charge in [0.1, 0.15) is 5.75 Å². The molecule has 1 aromatic carbocycles. The van der Waals surface area contributed by atoms with E-state index in [4.69, 9.17) is 16.3 Å². The van der Waals surface area contributed by atoms with Crippen LogP contribution in [0.3, 0.4) is 0 Å². The minimum atomic E-state index is 0.270. The average molecular weight is 237 g/mol. The molecule has 0 fully saturated rings. The molecule has 1 heterocycles. The van der Waals surface area contributed by atoms with Crippen molar-refractivity contribution in [3.8, 4) is 5.75 Å². The van der Waals surface area contributed by atoms with Gasteiger partial charge in [0.2, 0.25) is 0 Å². The van der Waals surface area contributed by atoms with Crippen LogP contribution in [-0.2, 0) is 0 Å². The lowest BCUT2D eigenvalue weighted by molar-refractivity contribution is 0.415. The molecule has 3 nitrogen and oxygen atoms in total. The Morgan fingerprint density at radius 3 is 2.56 bits per heavy atom. The van der Waals surface area contributed by atoms with Crippen LogP contribution >= 0.6 is 11.6 Å². The van der Waals surface area contributed by atoms with E-state index in [1.165, 1.54) is 0 Å². The molecular formula is C12H13ClN2O. The van der Waals surface area contributed by atoms with Crippen molar-refractivity contribution in [1.82, 2.24) is 9.97 Å². The Balaban J connectivity index is 2.64. The molecule has 0 unspecified atom stereocenters. The number of hydrogen-bond donors (Lipinski definition) is 0. The third-order valence-electron chi connectivity index (χ3n) is 2.40. The Morgan fingerprint density at radius 2 is 1.94 bits per heavy atom. The molecule has 0 atom stereocenters. The fourth-order valence-electron chi connectivity index (χ4n) is 1.52. The van der Waals surface area contributed by atoms with Crippen LogP contribution in [-0.4, -0.2) is 17.1 Å². The Hall–Kier alpha value is -1.35. The van der Waals surface area contributed by atoms with Crippen LogP contribution < -0.4 is 4.74 Å². The highest BCUT2D eigenvalue weighted by molar-refractivity contribution is 6.30. The van der Waals surface area contributed by atoms with Gasteiger partial charge in [0.05, 0.1) is 23.8 Å². The van der Waals surface area contributed by atoms with Gasteiger partial charge in [-0.1, -0.05) is 25.4 Å². The van der Waals surface area contributed by atoms with Crippen LogP contribution in [0.25, 0.3) is 11.0 Å². The highest BCUT2D eigenvalue weighted by Crippen LogP contribution is 2.25. The molecule has 0 aliphatic heterocycles. The zero-order valence-corrected chi connectivity index (χ0v) is 10.2. The van der Waals surface area contributed by atoms with Crippen molar-refractivity contribution in [2.24, 2.45) is 0 Å². The molecule has 2 rings (SSSR count). The predicted octanol–water partition coefficient (Wildman–Crippen LogP) is 3.42. The van der Waals surface area contributed by atoms with Gasteiger partial charge >= 0.3 is 0 Å². The van der Waals surface area contributed by atoms with E-state index < -0.39 is 0 Å². The van der Waals surface area contributed by atoms with Gasteiger partial charge in [-0.25, -0.2) is 9.97 Å². The number of aromatic nitrogens is 2. The van der Waals surface area contributed by atoms with Crippen molar-refractivity contribution in [1.29, 1.82) is 0 Å². The molecule has 0 saturated carbocycles. The van der Waals surface area contributed by atoms with E-state index in [-0.39, 0.29) is 5.92 Å². The van der Waals surface area contributed by atoms with E-state index in [0.717, 1.165) is 22.5 Å². The quantitative estimate of drug-likeness (QED) is 0.802. The van der Waals surface area contributed by atoms with Gasteiger partial charge < -0.3 is 4.74 Å². The number of benzene rings is 1. The molecule has 0 N–H and O–H groups in total. The number of rotatable bonds is 2. The van der Waals surface area contributed by atoms with Gasteiger partial charge in [-0.05, 0) is 18.1 Å². The lowest BCUT2D eigenvalue weighted by Gasteiger charge is -2.08. The summed E-state index contributed by atoms with van der Waals surface area (Å²) in [6.45, 7) is 4.09. The molecule has 0 spiro atoms. The summed E-state index contributed by atoms with van der Waals surface area (Å²) >= 11 is 6.08. The zero-order valence-electron chi connectivity index (χ0n) is 9.49. The standard InChI is InChI=1S/C12H13ClN2O/c1-7(2)11-12(13)15-10-6-8(16-3)4-5-9(10)14-11/h4-7H,1-3H3. The van der Waals surface area contributed by atoms with Gasteiger partial charge in [-0.15, -0.1) is 0 Å². The molecule has 16 heavy (non-hydrogen) atoms. The van der Waals surface area contributed by atoms with Gasteiger partial charge in [0.25, 0.3) is 0 Å². The second-order valence-corrected chi connectivity index (χ2v) is 4.27. The Morgan fingerprint density at radius 1 is 1.19 bits per heavy atom. The number of nitrogens with zero attached hydrogens (tertiary/aromatic N) is 2. The third kappa shape index (κ3) is 1.95. The molecule has 0 amide bonds. The Labute approximate surface area is 99.4 Å². The van der Waals surface area contributed by atoms with Gasteiger partial charge in [-0.2, -0.15) is 0 Å². The normalized spacial score (nSPS) is 11.1.